The van der Waals surface area contributed by atoms with Crippen LogP contribution in [-0.2, 0) is 14.8 Å². The first-order valence-electron chi connectivity index (χ1n) is 10.8. The Bertz CT molecular complexity index is 1250. The van der Waals surface area contributed by atoms with E-state index >= 15 is 0 Å². The Balaban J connectivity index is 1.61. The quantitative estimate of drug-likeness (QED) is 0.345. The van der Waals surface area contributed by atoms with Gasteiger partial charge in [-0.25, -0.2) is 8.42 Å². The van der Waals surface area contributed by atoms with Crippen molar-refractivity contribution in [2.75, 3.05) is 30.9 Å². The van der Waals surface area contributed by atoms with Crippen molar-refractivity contribution < 1.29 is 27.4 Å². The average molecular weight is 517 g/mol. The number of amides is 1. The summed E-state index contributed by atoms with van der Waals surface area (Å²) in [6, 6.07) is 18.1. The lowest BCUT2D eigenvalue weighted by molar-refractivity contribution is -0.115. The summed E-state index contributed by atoms with van der Waals surface area (Å²) >= 11 is 1.37. The Kier molecular flexibility index (Phi) is 8.89. The van der Waals surface area contributed by atoms with E-state index < -0.39 is 15.3 Å². The molecule has 0 aliphatic carbocycles. The third-order valence-corrected chi connectivity index (χ3v) is 7.38. The molecule has 0 spiro atoms. The van der Waals surface area contributed by atoms with E-state index in [0.29, 0.717) is 35.2 Å². The second-order valence-electron chi connectivity index (χ2n) is 7.35. The number of carbonyl (C=O) groups excluding carboxylic acids is 1. The molecule has 0 saturated carbocycles. The number of anilines is 2. The van der Waals surface area contributed by atoms with Crippen molar-refractivity contribution in [3.63, 3.8) is 0 Å². The highest BCUT2D eigenvalue weighted by Crippen LogP contribution is 2.33. The Morgan fingerprint density at radius 1 is 0.914 bits per heavy atom. The molecule has 3 aromatic rings. The van der Waals surface area contributed by atoms with Crippen LogP contribution in [0.3, 0.4) is 0 Å². The molecule has 1 atom stereocenters. The number of ether oxygens (including phenoxy) is 3. The van der Waals surface area contributed by atoms with Gasteiger partial charge in [0.1, 0.15) is 5.75 Å². The van der Waals surface area contributed by atoms with Crippen molar-refractivity contribution in [3.05, 3.63) is 66.7 Å². The predicted molar refractivity (Wildman–Crippen MR) is 138 cm³/mol. The van der Waals surface area contributed by atoms with E-state index in [2.05, 4.69) is 10.0 Å². The number of methoxy groups -OCH3 is 2. The number of hydrogen-bond donors (Lipinski definition) is 2. The summed E-state index contributed by atoms with van der Waals surface area (Å²) in [7, 11) is -0.664. The highest BCUT2D eigenvalue weighted by atomic mass is 32.2. The summed E-state index contributed by atoms with van der Waals surface area (Å²) in [5.41, 5.74) is 0.918. The molecule has 8 nitrogen and oxygen atoms in total. The zero-order chi connectivity index (χ0) is 25.4. The second kappa shape index (κ2) is 11.9. The molecular formula is C25H28N2O6S2. The molecule has 0 aliphatic rings. The number of thioether (sulfide) groups is 1. The molecule has 0 unspecified atom stereocenters. The van der Waals surface area contributed by atoms with Gasteiger partial charge < -0.3 is 19.5 Å². The number of benzene rings is 3. The van der Waals surface area contributed by atoms with Gasteiger partial charge in [0.25, 0.3) is 10.0 Å². The van der Waals surface area contributed by atoms with Crippen LogP contribution in [-0.4, -0.2) is 40.4 Å². The minimum atomic E-state index is -3.78. The molecule has 186 valence electrons. The molecule has 0 fully saturated rings. The lowest BCUT2D eigenvalue weighted by Crippen LogP contribution is -2.22. The molecule has 0 radical (unpaired) electrons. The first-order valence-corrected chi connectivity index (χ1v) is 13.2. The van der Waals surface area contributed by atoms with Crippen LogP contribution in [0.15, 0.2) is 76.5 Å². The normalized spacial score (nSPS) is 11.9. The van der Waals surface area contributed by atoms with Crippen LogP contribution in [0.4, 0.5) is 11.4 Å². The van der Waals surface area contributed by atoms with Gasteiger partial charge in [-0.2, -0.15) is 0 Å². The van der Waals surface area contributed by atoms with E-state index in [9.17, 15) is 13.2 Å². The SMILES string of the molecule is CCOc1ccc(NS(=O)(=O)c2ccc(NC(=O)[C@@H](C)Sc3ccc(OC)c(OC)c3)cc2)cc1. The lowest BCUT2D eigenvalue weighted by atomic mass is 10.3. The molecule has 3 aromatic carbocycles. The standard InChI is InChI=1S/C25H28N2O6S2/c1-5-33-20-10-6-19(7-11-20)27-35(29,30)22-13-8-18(9-14-22)26-25(28)17(2)34-21-12-15-23(31-3)24(16-21)32-4/h6-17,27H,5H2,1-4H3,(H,26,28)/t17-/m1/s1. The van der Waals surface area contributed by atoms with Gasteiger partial charge in [0.05, 0.1) is 31.0 Å². The van der Waals surface area contributed by atoms with Gasteiger partial charge in [0.2, 0.25) is 5.91 Å². The van der Waals surface area contributed by atoms with Crippen molar-refractivity contribution in [1.82, 2.24) is 0 Å². The first-order chi connectivity index (χ1) is 16.7. The number of nitrogens with one attached hydrogen (secondary N) is 2. The second-order valence-corrected chi connectivity index (χ2v) is 10.5. The Labute approximate surface area is 210 Å². The van der Waals surface area contributed by atoms with Crippen LogP contribution < -0.4 is 24.2 Å². The largest absolute Gasteiger partial charge is 0.494 e. The molecule has 0 bridgehead atoms. The summed E-state index contributed by atoms with van der Waals surface area (Å²) in [5.74, 6) is 1.64. The molecule has 35 heavy (non-hydrogen) atoms. The van der Waals surface area contributed by atoms with Crippen LogP contribution in [0.2, 0.25) is 0 Å². The van der Waals surface area contributed by atoms with Crippen LogP contribution >= 0.6 is 11.8 Å². The van der Waals surface area contributed by atoms with Gasteiger partial charge in [-0.3, -0.25) is 9.52 Å². The van der Waals surface area contributed by atoms with Crippen molar-refractivity contribution in [3.8, 4) is 17.2 Å². The molecule has 0 aliphatic heterocycles. The maximum Gasteiger partial charge on any atom is 0.261 e. The van der Waals surface area contributed by atoms with Crippen molar-refractivity contribution in [1.29, 1.82) is 0 Å². The van der Waals surface area contributed by atoms with Crippen LogP contribution in [0.1, 0.15) is 13.8 Å². The van der Waals surface area contributed by atoms with E-state index in [4.69, 9.17) is 14.2 Å². The smallest absolute Gasteiger partial charge is 0.261 e. The minimum absolute atomic E-state index is 0.0807. The zero-order valence-corrected chi connectivity index (χ0v) is 21.5. The van der Waals surface area contributed by atoms with Gasteiger partial charge in [0, 0.05) is 16.3 Å². The maximum absolute atomic E-state index is 12.7. The van der Waals surface area contributed by atoms with Gasteiger partial charge in [-0.1, -0.05) is 0 Å². The van der Waals surface area contributed by atoms with E-state index in [0.717, 1.165) is 4.90 Å². The molecule has 3 rings (SSSR count). The molecule has 0 aromatic heterocycles. The van der Waals surface area contributed by atoms with Crippen LogP contribution in [0.5, 0.6) is 17.2 Å². The number of rotatable bonds is 11. The van der Waals surface area contributed by atoms with Gasteiger partial charge in [-0.15, -0.1) is 11.8 Å². The van der Waals surface area contributed by atoms with Gasteiger partial charge >= 0.3 is 0 Å². The summed E-state index contributed by atoms with van der Waals surface area (Å²) < 4.78 is 43.9. The van der Waals surface area contributed by atoms with Crippen LogP contribution in [0, 0.1) is 0 Å². The Morgan fingerprint density at radius 2 is 1.54 bits per heavy atom. The maximum atomic E-state index is 12.7. The first kappa shape index (κ1) is 26.2. The van der Waals surface area contributed by atoms with Gasteiger partial charge in [-0.05, 0) is 80.6 Å². The summed E-state index contributed by atoms with van der Waals surface area (Å²) in [5, 5.41) is 2.41. The molecule has 0 saturated heterocycles. The summed E-state index contributed by atoms with van der Waals surface area (Å²) in [4.78, 5) is 13.6. The summed E-state index contributed by atoms with van der Waals surface area (Å²) in [6.45, 7) is 4.19. The van der Waals surface area contributed by atoms with Crippen LogP contribution in [0.25, 0.3) is 0 Å². The highest BCUT2D eigenvalue weighted by molar-refractivity contribution is 8.00. The topological polar surface area (TPSA) is 103 Å². The Hall–Kier alpha value is -3.37. The minimum Gasteiger partial charge on any atom is -0.494 e. The predicted octanol–water partition coefficient (Wildman–Crippen LogP) is 5.02. The molecule has 0 heterocycles. The third-order valence-electron chi connectivity index (χ3n) is 4.89. The van der Waals surface area contributed by atoms with Crippen molar-refractivity contribution in [2.24, 2.45) is 0 Å². The summed E-state index contributed by atoms with van der Waals surface area (Å²) in [6.07, 6.45) is 0. The van der Waals surface area contributed by atoms with Crippen molar-refractivity contribution in [2.45, 2.75) is 28.9 Å². The highest BCUT2D eigenvalue weighted by Gasteiger charge is 2.18. The van der Waals surface area contributed by atoms with E-state index in [1.807, 2.05) is 19.1 Å². The fraction of sp³-hybridized carbons (Fsp3) is 0.240. The fourth-order valence-corrected chi connectivity index (χ4v) is 5.06. The lowest BCUT2D eigenvalue weighted by Gasteiger charge is -2.14. The molecule has 2 N–H and O–H groups in total. The Morgan fingerprint density at radius 3 is 2.14 bits per heavy atom. The number of hydrogen-bond acceptors (Lipinski definition) is 7. The number of carbonyl (C=O) groups is 1. The van der Waals surface area contributed by atoms with Crippen molar-refractivity contribution >= 4 is 39.1 Å². The fourth-order valence-electron chi connectivity index (χ4n) is 3.11. The van der Waals surface area contributed by atoms with E-state index in [-0.39, 0.29) is 10.8 Å². The molecule has 1 amide bonds. The van der Waals surface area contributed by atoms with Gasteiger partial charge in [0.15, 0.2) is 11.5 Å². The third kappa shape index (κ3) is 7.06. The monoisotopic (exact) mass is 516 g/mol. The number of sulfonamides is 1. The molecule has 10 heteroatoms. The molecular weight excluding hydrogens is 488 g/mol. The van der Waals surface area contributed by atoms with E-state index in [1.165, 1.54) is 23.9 Å². The van der Waals surface area contributed by atoms with E-state index in [1.54, 1.807) is 63.6 Å². The zero-order valence-electron chi connectivity index (χ0n) is 19.9. The average Bonchev–Trinajstić information content (AvgIpc) is 2.85.